The Morgan fingerprint density at radius 3 is 0.825 bits per heavy atom. The van der Waals surface area contributed by atoms with Crippen LogP contribution in [0.1, 0.15) is 148 Å². The average molecular weight is 567 g/mol. The summed E-state index contributed by atoms with van der Waals surface area (Å²) in [6, 6.07) is 0. The topological polar surface area (TPSA) is 102 Å². The van der Waals surface area contributed by atoms with Crippen LogP contribution >= 0.6 is 0 Å². The van der Waals surface area contributed by atoms with Crippen molar-refractivity contribution in [2.24, 2.45) is 35.0 Å². The van der Waals surface area contributed by atoms with Crippen molar-refractivity contribution in [1.82, 2.24) is 0 Å². The fraction of sp³-hybridized carbons (Fsp3) is 0.824. The van der Waals surface area contributed by atoms with Crippen molar-refractivity contribution in [3.8, 4) is 0 Å². The van der Waals surface area contributed by atoms with Gasteiger partial charge in [0, 0.05) is 73.5 Å². The Morgan fingerprint density at radius 2 is 0.600 bits per heavy atom. The summed E-state index contributed by atoms with van der Waals surface area (Å²) in [6.45, 7) is 24.7. The van der Waals surface area contributed by atoms with Gasteiger partial charge in [0.05, 0.1) is 0 Å². The van der Waals surface area contributed by atoms with Crippen molar-refractivity contribution in [3.05, 3.63) is 0 Å². The van der Waals surface area contributed by atoms with Gasteiger partial charge in [0.15, 0.2) is 0 Å². The molecular weight excluding hydrogens is 504 g/mol. The Hall–Kier alpha value is -1.98. The number of hydrogen-bond donors (Lipinski definition) is 0. The largest absolute Gasteiger partial charge is 0.299 e. The Balaban J connectivity index is -0.000000515. The van der Waals surface area contributed by atoms with Crippen molar-refractivity contribution in [2.75, 3.05) is 0 Å². The van der Waals surface area contributed by atoms with Crippen molar-refractivity contribution < 1.29 is 28.8 Å². The zero-order valence-corrected chi connectivity index (χ0v) is 28.2. The molecule has 0 amide bonds. The third-order valence-corrected chi connectivity index (χ3v) is 6.60. The van der Waals surface area contributed by atoms with Gasteiger partial charge in [-0.1, -0.05) is 90.0 Å². The molecule has 0 aliphatic rings. The van der Waals surface area contributed by atoms with Gasteiger partial charge in [0.25, 0.3) is 0 Å². The highest BCUT2D eigenvalue weighted by Crippen LogP contribution is 2.18. The first kappa shape index (κ1) is 42.5. The normalized spacial score (nSPS) is 11.2. The van der Waals surface area contributed by atoms with Gasteiger partial charge in [-0.3, -0.25) is 28.8 Å². The summed E-state index contributed by atoms with van der Waals surface area (Å²) < 4.78 is 0. The van der Waals surface area contributed by atoms with Gasteiger partial charge in [-0.2, -0.15) is 0 Å². The van der Waals surface area contributed by atoms with Crippen molar-refractivity contribution in [1.29, 1.82) is 0 Å². The van der Waals surface area contributed by atoms with Crippen LogP contribution in [0.2, 0.25) is 0 Å². The van der Waals surface area contributed by atoms with Gasteiger partial charge in [-0.25, -0.2) is 0 Å². The maximum absolute atomic E-state index is 11.5. The van der Waals surface area contributed by atoms with Gasteiger partial charge < -0.3 is 0 Å². The van der Waals surface area contributed by atoms with Crippen molar-refractivity contribution in [3.63, 3.8) is 0 Å². The first-order chi connectivity index (χ1) is 18.1. The van der Waals surface area contributed by atoms with Crippen LogP contribution in [0, 0.1) is 35.0 Å². The van der Waals surface area contributed by atoms with Gasteiger partial charge in [0.2, 0.25) is 0 Å². The highest BCUT2D eigenvalue weighted by molar-refractivity contribution is 5.87. The summed E-state index contributed by atoms with van der Waals surface area (Å²) in [6.07, 6.45) is 5.56. The van der Waals surface area contributed by atoms with Gasteiger partial charge in [-0.05, 0) is 19.3 Å². The molecule has 0 aromatic carbocycles. The SMILES string of the molecule is CC(C)C(=O)CCC(=O)C(C)C.CC(C)C(=O)CCCC(=O)C(C)(C)C.CC(C)C(=O)CCCCC(=O)C(C)C. The molecule has 0 rings (SSSR count). The molecule has 0 unspecified atom stereocenters. The number of unbranched alkanes of at least 4 members (excludes halogenated alkanes) is 1. The van der Waals surface area contributed by atoms with E-state index >= 15 is 0 Å². The molecule has 0 aliphatic carbocycles. The van der Waals surface area contributed by atoms with Crippen LogP contribution in [0.15, 0.2) is 0 Å². The minimum absolute atomic E-state index is 0.0602. The first-order valence-corrected chi connectivity index (χ1v) is 15.3. The zero-order chi connectivity index (χ0) is 32.2. The standard InChI is InChI=1S/2C12H22O2.C10H18O2/c1-9(2)10(13)7-6-8-11(14)12(3,4)5;1-9(2)11(13)7-5-6-8-12(14)10(3)4;1-7(2)9(11)5-6-10(12)8(3)4/h9H,6-8H2,1-5H3;9-10H,5-8H2,1-4H3;7-8H,5-6H2,1-4H3. The monoisotopic (exact) mass is 566 g/mol. The fourth-order valence-corrected chi connectivity index (χ4v) is 3.09. The molecule has 0 saturated heterocycles. The van der Waals surface area contributed by atoms with E-state index in [1.165, 1.54) is 0 Å². The molecule has 0 N–H and O–H groups in total. The molecule has 0 aromatic heterocycles. The number of carbonyl (C=O) groups excluding carboxylic acids is 6. The molecule has 40 heavy (non-hydrogen) atoms. The van der Waals surface area contributed by atoms with E-state index in [4.69, 9.17) is 0 Å². The summed E-state index contributed by atoms with van der Waals surface area (Å²) >= 11 is 0. The average Bonchev–Trinajstić information content (AvgIpc) is 2.84. The lowest BCUT2D eigenvalue weighted by Crippen LogP contribution is -2.20. The molecule has 0 spiro atoms. The zero-order valence-electron chi connectivity index (χ0n) is 28.2. The van der Waals surface area contributed by atoms with Gasteiger partial charge in [-0.15, -0.1) is 0 Å². The molecule has 0 aliphatic heterocycles. The lowest BCUT2D eigenvalue weighted by molar-refractivity contribution is -0.127. The molecule has 0 saturated carbocycles. The summed E-state index contributed by atoms with van der Waals surface area (Å²) in [5.74, 6) is 1.97. The highest BCUT2D eigenvalue weighted by Gasteiger charge is 2.20. The molecular formula is C34H62O6. The lowest BCUT2D eigenvalue weighted by atomic mass is 9.87. The second-order valence-electron chi connectivity index (χ2n) is 13.3. The number of hydrogen-bond acceptors (Lipinski definition) is 6. The summed E-state index contributed by atoms with van der Waals surface area (Å²) in [4.78, 5) is 67.5. The number of rotatable bonds is 17. The fourth-order valence-electron chi connectivity index (χ4n) is 3.09. The second kappa shape index (κ2) is 22.7. The Labute approximate surface area is 246 Å². The number of carbonyl (C=O) groups is 6. The molecule has 0 heterocycles. The summed E-state index contributed by atoms with van der Waals surface area (Å²) in [5.41, 5.74) is -0.263. The maximum Gasteiger partial charge on any atom is 0.138 e. The molecule has 0 bridgehead atoms. The van der Waals surface area contributed by atoms with Crippen LogP contribution in [-0.2, 0) is 28.8 Å². The third-order valence-electron chi connectivity index (χ3n) is 6.60. The molecule has 234 valence electrons. The summed E-state index contributed by atoms with van der Waals surface area (Å²) in [7, 11) is 0. The molecule has 6 heteroatoms. The molecule has 6 nitrogen and oxygen atoms in total. The van der Waals surface area contributed by atoms with Crippen LogP contribution in [0.3, 0.4) is 0 Å². The van der Waals surface area contributed by atoms with Crippen LogP contribution < -0.4 is 0 Å². The third kappa shape index (κ3) is 25.0. The van der Waals surface area contributed by atoms with E-state index in [-0.39, 0.29) is 58.1 Å². The van der Waals surface area contributed by atoms with Crippen molar-refractivity contribution >= 4 is 34.7 Å². The van der Waals surface area contributed by atoms with Gasteiger partial charge in [0.1, 0.15) is 34.7 Å². The number of Topliss-reactive ketones (excluding diaryl/α,β-unsaturated/α-hetero) is 6. The van der Waals surface area contributed by atoms with Gasteiger partial charge >= 0.3 is 0 Å². The predicted molar refractivity (Wildman–Crippen MR) is 165 cm³/mol. The van der Waals surface area contributed by atoms with E-state index in [0.29, 0.717) is 56.5 Å². The molecule has 0 fully saturated rings. The number of ketones is 6. The van der Waals surface area contributed by atoms with Crippen LogP contribution in [0.5, 0.6) is 0 Å². The summed E-state index contributed by atoms with van der Waals surface area (Å²) in [5, 5.41) is 0. The van der Waals surface area contributed by atoms with Crippen LogP contribution in [0.4, 0.5) is 0 Å². The Kier molecular flexibility index (Phi) is 24.1. The highest BCUT2D eigenvalue weighted by atomic mass is 16.1. The Morgan fingerprint density at radius 1 is 0.375 bits per heavy atom. The minimum atomic E-state index is -0.263. The van der Waals surface area contributed by atoms with Crippen LogP contribution in [-0.4, -0.2) is 34.7 Å². The molecule has 0 radical (unpaired) electrons. The van der Waals surface area contributed by atoms with Crippen LogP contribution in [0.25, 0.3) is 0 Å². The van der Waals surface area contributed by atoms with E-state index in [1.807, 2.05) is 90.0 Å². The Bertz CT molecular complexity index is 737. The molecule has 0 aromatic rings. The second-order valence-corrected chi connectivity index (χ2v) is 13.3. The minimum Gasteiger partial charge on any atom is -0.299 e. The van der Waals surface area contributed by atoms with E-state index in [2.05, 4.69) is 0 Å². The predicted octanol–water partition coefficient (Wildman–Crippen LogP) is 8.21. The smallest absolute Gasteiger partial charge is 0.138 e. The van der Waals surface area contributed by atoms with E-state index in [1.54, 1.807) is 0 Å². The lowest BCUT2D eigenvalue weighted by Gasteiger charge is -2.16. The quantitative estimate of drug-likeness (QED) is 0.164. The van der Waals surface area contributed by atoms with Crippen molar-refractivity contribution in [2.45, 2.75) is 148 Å². The van der Waals surface area contributed by atoms with E-state index in [0.717, 1.165) is 12.8 Å². The van der Waals surface area contributed by atoms with E-state index in [9.17, 15) is 28.8 Å². The first-order valence-electron chi connectivity index (χ1n) is 15.3. The maximum atomic E-state index is 11.5. The molecule has 0 atom stereocenters. The van der Waals surface area contributed by atoms with E-state index < -0.39 is 0 Å².